The van der Waals surface area contributed by atoms with Crippen molar-refractivity contribution in [2.45, 2.75) is 51.5 Å². The summed E-state index contributed by atoms with van der Waals surface area (Å²) in [7, 11) is 1.90. The molecule has 3 rings (SSSR count). The summed E-state index contributed by atoms with van der Waals surface area (Å²) in [5.41, 5.74) is 0.759. The molecule has 1 saturated carbocycles. The zero-order valence-corrected chi connectivity index (χ0v) is 20.5. The van der Waals surface area contributed by atoms with Gasteiger partial charge < -0.3 is 15.4 Å². The maximum Gasteiger partial charge on any atom is 0.191 e. The highest BCUT2D eigenvalue weighted by Crippen LogP contribution is 2.45. The molecule has 0 radical (unpaired) electrons. The predicted molar refractivity (Wildman–Crippen MR) is 128 cm³/mol. The summed E-state index contributed by atoms with van der Waals surface area (Å²) in [6.07, 6.45) is 6.70. The topological polar surface area (TPSA) is 48.9 Å². The molecule has 3 aliphatic rings. The number of nitrogens with one attached hydrogen (secondary N) is 2. The van der Waals surface area contributed by atoms with Crippen LogP contribution in [-0.2, 0) is 4.74 Å². The first-order valence-corrected chi connectivity index (χ1v) is 11.6. The van der Waals surface area contributed by atoms with Gasteiger partial charge in [-0.15, -0.1) is 24.0 Å². The van der Waals surface area contributed by atoms with Crippen molar-refractivity contribution in [1.29, 1.82) is 0 Å². The zero-order valence-electron chi connectivity index (χ0n) is 17.4. The normalized spacial score (nSPS) is 28.5. The van der Waals surface area contributed by atoms with E-state index in [0.29, 0.717) is 5.41 Å². The number of ether oxygens (including phenoxy) is 1. The van der Waals surface area contributed by atoms with E-state index in [0.717, 1.165) is 51.3 Å². The molecule has 2 saturated heterocycles. The second-order valence-electron chi connectivity index (χ2n) is 8.86. The van der Waals surface area contributed by atoms with Gasteiger partial charge in [-0.1, -0.05) is 20.3 Å². The van der Waals surface area contributed by atoms with Gasteiger partial charge in [0.1, 0.15) is 0 Å². The summed E-state index contributed by atoms with van der Waals surface area (Å²) in [5, 5.41) is 7.32. The van der Waals surface area contributed by atoms with Crippen LogP contribution in [0, 0.1) is 11.3 Å². The maximum atomic E-state index is 5.57. The number of hydrogen-bond acceptors (Lipinski definition) is 4. The van der Waals surface area contributed by atoms with Crippen LogP contribution in [-0.4, -0.2) is 74.3 Å². The molecule has 5 nitrogen and oxygen atoms in total. The van der Waals surface area contributed by atoms with E-state index in [1.807, 2.05) is 7.05 Å². The maximum absolute atomic E-state index is 5.57. The Kier molecular flexibility index (Phi) is 9.49. The Morgan fingerprint density at radius 2 is 1.85 bits per heavy atom. The molecule has 2 aliphatic heterocycles. The highest BCUT2D eigenvalue weighted by molar-refractivity contribution is 14.0. The first kappa shape index (κ1) is 23.5. The molecule has 158 valence electrons. The van der Waals surface area contributed by atoms with Gasteiger partial charge in [-0.25, -0.2) is 0 Å². The molecule has 0 bridgehead atoms. The van der Waals surface area contributed by atoms with Crippen LogP contribution in [0.2, 0.25) is 0 Å². The van der Waals surface area contributed by atoms with Gasteiger partial charge in [-0.05, 0) is 42.8 Å². The minimum atomic E-state index is 0. The van der Waals surface area contributed by atoms with Crippen LogP contribution >= 0.6 is 35.7 Å². The Morgan fingerprint density at radius 1 is 1.15 bits per heavy atom. The van der Waals surface area contributed by atoms with Gasteiger partial charge in [0.2, 0.25) is 0 Å². The van der Waals surface area contributed by atoms with E-state index in [4.69, 9.17) is 4.74 Å². The van der Waals surface area contributed by atoms with Crippen molar-refractivity contribution in [2.75, 3.05) is 57.9 Å². The summed E-state index contributed by atoms with van der Waals surface area (Å²) >= 11 is 2.09. The van der Waals surface area contributed by atoms with Crippen LogP contribution < -0.4 is 10.6 Å². The average molecular weight is 511 g/mol. The van der Waals surface area contributed by atoms with Crippen molar-refractivity contribution < 1.29 is 4.74 Å². The van der Waals surface area contributed by atoms with Crippen LogP contribution in [0.1, 0.15) is 46.0 Å². The van der Waals surface area contributed by atoms with Crippen molar-refractivity contribution in [1.82, 2.24) is 15.5 Å². The highest BCUT2D eigenvalue weighted by Gasteiger charge is 2.41. The van der Waals surface area contributed by atoms with E-state index in [1.165, 1.54) is 43.6 Å². The van der Waals surface area contributed by atoms with E-state index in [9.17, 15) is 0 Å². The van der Waals surface area contributed by atoms with E-state index in [1.54, 1.807) is 0 Å². The second-order valence-corrected chi connectivity index (χ2v) is 9.96. The smallest absolute Gasteiger partial charge is 0.191 e. The molecule has 0 aromatic carbocycles. The molecule has 1 unspecified atom stereocenters. The summed E-state index contributed by atoms with van der Waals surface area (Å²) in [6.45, 7) is 10.6. The third-order valence-electron chi connectivity index (χ3n) is 6.46. The van der Waals surface area contributed by atoms with Crippen LogP contribution in [0.4, 0.5) is 0 Å². The number of thioether (sulfide) groups is 1. The Hall–Kier alpha value is 0.270. The molecule has 0 amide bonds. The van der Waals surface area contributed by atoms with Crippen molar-refractivity contribution in [3.8, 4) is 0 Å². The molecule has 2 heterocycles. The first-order valence-electron chi connectivity index (χ1n) is 10.4. The lowest BCUT2D eigenvalue weighted by atomic mass is 9.64. The molecule has 3 fully saturated rings. The fraction of sp³-hybridized carbons (Fsp3) is 0.950. The standard InChI is InChI=1S/C20H38N4OS.HI/c1-17(2)13-19(5-4-6-19)14-22-18(21-3)23-15-20(7-12-26-16-20)24-8-10-25-11-9-24;/h17H,4-16H2,1-3H3,(H2,21,22,23);1H. The van der Waals surface area contributed by atoms with Crippen LogP contribution in [0.5, 0.6) is 0 Å². The number of halogens is 1. The van der Waals surface area contributed by atoms with E-state index < -0.39 is 0 Å². The van der Waals surface area contributed by atoms with E-state index in [2.05, 4.69) is 46.1 Å². The molecule has 27 heavy (non-hydrogen) atoms. The van der Waals surface area contributed by atoms with Gasteiger partial charge in [-0.2, -0.15) is 11.8 Å². The Bertz CT molecular complexity index is 473. The molecule has 0 aromatic rings. The van der Waals surface area contributed by atoms with Crippen molar-refractivity contribution in [3.63, 3.8) is 0 Å². The molecule has 2 N–H and O–H groups in total. The predicted octanol–water partition coefficient (Wildman–Crippen LogP) is 3.19. The summed E-state index contributed by atoms with van der Waals surface area (Å²) in [4.78, 5) is 7.17. The molecule has 0 spiro atoms. The van der Waals surface area contributed by atoms with Crippen LogP contribution in [0.3, 0.4) is 0 Å². The van der Waals surface area contributed by atoms with Gasteiger partial charge in [0.05, 0.1) is 13.2 Å². The lowest BCUT2D eigenvalue weighted by Crippen LogP contribution is -2.60. The largest absolute Gasteiger partial charge is 0.379 e. The second kappa shape index (κ2) is 10.9. The van der Waals surface area contributed by atoms with Crippen molar-refractivity contribution in [3.05, 3.63) is 0 Å². The van der Waals surface area contributed by atoms with Crippen molar-refractivity contribution in [2.24, 2.45) is 16.3 Å². The molecule has 7 heteroatoms. The number of nitrogens with zero attached hydrogens (tertiary/aromatic N) is 2. The minimum Gasteiger partial charge on any atom is -0.379 e. The number of morpholine rings is 1. The Morgan fingerprint density at radius 3 is 2.37 bits per heavy atom. The number of rotatable bonds is 7. The fourth-order valence-corrected chi connectivity index (χ4v) is 6.35. The van der Waals surface area contributed by atoms with Gasteiger partial charge in [-0.3, -0.25) is 9.89 Å². The first-order chi connectivity index (χ1) is 12.6. The number of hydrogen-bond donors (Lipinski definition) is 2. The minimum absolute atomic E-state index is 0. The number of aliphatic imine (C=N–C) groups is 1. The van der Waals surface area contributed by atoms with E-state index in [-0.39, 0.29) is 29.5 Å². The summed E-state index contributed by atoms with van der Waals surface area (Å²) in [5.74, 6) is 4.23. The van der Waals surface area contributed by atoms with Gasteiger partial charge in [0.25, 0.3) is 0 Å². The monoisotopic (exact) mass is 510 g/mol. The molecule has 1 atom stereocenters. The lowest BCUT2D eigenvalue weighted by Gasteiger charge is -2.44. The fourth-order valence-electron chi connectivity index (χ4n) is 4.87. The molecule has 0 aromatic heterocycles. The summed E-state index contributed by atoms with van der Waals surface area (Å²) in [6, 6.07) is 0. The molecular weight excluding hydrogens is 471 g/mol. The van der Waals surface area contributed by atoms with Gasteiger partial charge in [0.15, 0.2) is 5.96 Å². The Labute approximate surface area is 187 Å². The van der Waals surface area contributed by atoms with Gasteiger partial charge in [0, 0.05) is 44.5 Å². The third kappa shape index (κ3) is 6.12. The molecule has 1 aliphatic carbocycles. The number of guanidine groups is 1. The summed E-state index contributed by atoms with van der Waals surface area (Å²) < 4.78 is 5.57. The highest BCUT2D eigenvalue weighted by atomic mass is 127. The quantitative estimate of drug-likeness (QED) is 0.313. The average Bonchev–Trinajstić information content (AvgIpc) is 3.10. The third-order valence-corrected chi connectivity index (χ3v) is 7.69. The zero-order chi connectivity index (χ0) is 18.5. The van der Waals surface area contributed by atoms with E-state index >= 15 is 0 Å². The van der Waals surface area contributed by atoms with Gasteiger partial charge >= 0.3 is 0 Å². The lowest BCUT2D eigenvalue weighted by molar-refractivity contribution is -0.0120. The Balaban J connectivity index is 0.00000261. The SMILES string of the molecule is CN=C(NCC1(CC(C)C)CCC1)NCC1(N2CCOCC2)CCSC1.I. The van der Waals surface area contributed by atoms with Crippen LogP contribution in [0.25, 0.3) is 0 Å². The molecular formula is C20H39IN4OS. The van der Waals surface area contributed by atoms with Crippen LogP contribution in [0.15, 0.2) is 4.99 Å². The van der Waals surface area contributed by atoms with Crippen molar-refractivity contribution >= 4 is 41.7 Å².